The minimum absolute atomic E-state index is 0.229. The molecule has 1 aromatic carbocycles. The van der Waals surface area contributed by atoms with Crippen molar-refractivity contribution >= 4 is 28.6 Å². The second-order valence-electron chi connectivity index (χ2n) is 4.32. The van der Waals surface area contributed by atoms with E-state index in [4.69, 9.17) is 10.8 Å². The summed E-state index contributed by atoms with van der Waals surface area (Å²) in [6, 6.07) is 8.94. The smallest absolute Gasteiger partial charge is 0.323 e. The molecule has 1 amide bonds. The number of aromatic nitrogens is 1. The van der Waals surface area contributed by atoms with E-state index in [9.17, 15) is 9.59 Å². The highest BCUT2D eigenvalue weighted by Crippen LogP contribution is 2.23. The number of carboxylic acids is 1. The van der Waals surface area contributed by atoms with Crippen LogP contribution in [0.25, 0.3) is 10.9 Å². The number of benzene rings is 1. The maximum absolute atomic E-state index is 11.6. The van der Waals surface area contributed by atoms with Crippen LogP contribution in [0.5, 0.6) is 0 Å². The topological polar surface area (TPSA) is 96.5 Å². The predicted molar refractivity (Wildman–Crippen MR) is 75.8 cm³/mol. The predicted octanol–water partition coefficient (Wildman–Crippen LogP) is 1.24. The third kappa shape index (κ3) is 2.69. The van der Waals surface area contributed by atoms with Crippen molar-refractivity contribution in [2.45, 2.75) is 6.92 Å². The maximum atomic E-state index is 11.6. The Hall–Kier alpha value is -2.63. The summed E-state index contributed by atoms with van der Waals surface area (Å²) in [5.41, 5.74) is 6.30. The molecule has 6 nitrogen and oxygen atoms in total. The van der Waals surface area contributed by atoms with Gasteiger partial charge in [-0.25, -0.2) is 4.98 Å². The molecule has 2 aromatic rings. The number of aliphatic carboxylic acids is 1. The van der Waals surface area contributed by atoms with Crippen LogP contribution in [0.1, 0.15) is 17.3 Å². The number of amides is 1. The van der Waals surface area contributed by atoms with E-state index >= 15 is 0 Å². The van der Waals surface area contributed by atoms with E-state index in [2.05, 4.69) is 4.98 Å². The minimum atomic E-state index is -0.989. The molecule has 6 heteroatoms. The molecule has 104 valence electrons. The second kappa shape index (κ2) is 5.56. The first-order chi connectivity index (χ1) is 9.52. The van der Waals surface area contributed by atoms with Gasteiger partial charge < -0.3 is 15.7 Å². The molecule has 0 spiro atoms. The van der Waals surface area contributed by atoms with E-state index in [0.717, 1.165) is 5.39 Å². The van der Waals surface area contributed by atoms with Gasteiger partial charge in [0.05, 0.1) is 11.1 Å². The summed E-state index contributed by atoms with van der Waals surface area (Å²) in [4.78, 5) is 28.4. The molecule has 0 saturated carbocycles. The highest BCUT2D eigenvalue weighted by molar-refractivity contribution is 6.01. The Labute approximate surface area is 115 Å². The van der Waals surface area contributed by atoms with Crippen molar-refractivity contribution in [3.8, 4) is 0 Å². The average Bonchev–Trinajstić information content (AvgIpc) is 2.43. The Morgan fingerprint density at radius 1 is 1.35 bits per heavy atom. The van der Waals surface area contributed by atoms with E-state index in [-0.39, 0.29) is 12.1 Å². The Bertz CT molecular complexity index is 670. The first-order valence-electron chi connectivity index (χ1n) is 6.19. The van der Waals surface area contributed by atoms with Crippen LogP contribution in [0.4, 0.5) is 5.82 Å². The van der Waals surface area contributed by atoms with Crippen LogP contribution in [-0.2, 0) is 4.79 Å². The molecule has 0 aliphatic carbocycles. The van der Waals surface area contributed by atoms with Gasteiger partial charge in [0.1, 0.15) is 12.4 Å². The van der Waals surface area contributed by atoms with Gasteiger partial charge in [0, 0.05) is 11.9 Å². The summed E-state index contributed by atoms with van der Waals surface area (Å²) in [5.74, 6) is -1.31. The monoisotopic (exact) mass is 273 g/mol. The van der Waals surface area contributed by atoms with E-state index in [1.807, 2.05) is 18.2 Å². The van der Waals surface area contributed by atoms with Gasteiger partial charge in [0.2, 0.25) is 0 Å². The zero-order valence-electron chi connectivity index (χ0n) is 11.0. The maximum Gasteiger partial charge on any atom is 0.323 e. The lowest BCUT2D eigenvalue weighted by molar-refractivity contribution is -0.135. The molecule has 0 radical (unpaired) electrons. The van der Waals surface area contributed by atoms with Gasteiger partial charge in [-0.3, -0.25) is 9.59 Å². The van der Waals surface area contributed by atoms with Gasteiger partial charge in [-0.2, -0.15) is 0 Å². The van der Waals surface area contributed by atoms with Crippen molar-refractivity contribution in [3.05, 3.63) is 35.9 Å². The summed E-state index contributed by atoms with van der Waals surface area (Å²) < 4.78 is 0. The fourth-order valence-electron chi connectivity index (χ4n) is 2.03. The number of hydrogen-bond donors (Lipinski definition) is 2. The largest absolute Gasteiger partial charge is 0.480 e. The van der Waals surface area contributed by atoms with Gasteiger partial charge in [-0.15, -0.1) is 0 Å². The molecule has 0 aliphatic rings. The molecule has 0 saturated heterocycles. The Morgan fingerprint density at radius 3 is 2.65 bits per heavy atom. The molecule has 20 heavy (non-hydrogen) atoms. The lowest BCUT2D eigenvalue weighted by Gasteiger charge is -2.22. The molecule has 0 aliphatic heterocycles. The number of rotatable bonds is 5. The van der Waals surface area contributed by atoms with Gasteiger partial charge >= 0.3 is 5.97 Å². The Morgan fingerprint density at radius 2 is 2.05 bits per heavy atom. The number of likely N-dealkylation sites (N-methyl/N-ethyl adjacent to an activating group) is 1. The van der Waals surface area contributed by atoms with E-state index in [0.29, 0.717) is 17.9 Å². The van der Waals surface area contributed by atoms with Gasteiger partial charge in [-0.1, -0.05) is 18.2 Å². The molecule has 1 heterocycles. The highest BCUT2D eigenvalue weighted by Gasteiger charge is 2.18. The third-order valence-electron chi connectivity index (χ3n) is 2.98. The van der Waals surface area contributed by atoms with Crippen molar-refractivity contribution in [2.75, 3.05) is 18.0 Å². The molecule has 3 N–H and O–H groups in total. The van der Waals surface area contributed by atoms with Gasteiger partial charge in [0.15, 0.2) is 0 Å². The number of para-hydroxylation sites is 1. The van der Waals surface area contributed by atoms with Crippen molar-refractivity contribution < 1.29 is 14.7 Å². The number of anilines is 1. The van der Waals surface area contributed by atoms with Crippen LogP contribution >= 0.6 is 0 Å². The molecule has 2 rings (SSSR count). The summed E-state index contributed by atoms with van der Waals surface area (Å²) in [5, 5.41) is 9.72. The highest BCUT2D eigenvalue weighted by atomic mass is 16.4. The fraction of sp³-hybridized carbons (Fsp3) is 0.214. The number of carbonyl (C=O) groups is 2. The van der Waals surface area contributed by atoms with E-state index in [1.54, 1.807) is 19.1 Å². The molecule has 0 bridgehead atoms. The quantitative estimate of drug-likeness (QED) is 0.854. The summed E-state index contributed by atoms with van der Waals surface area (Å²) in [6.07, 6.45) is 0. The first kappa shape index (κ1) is 13.8. The number of pyridine rings is 1. The summed E-state index contributed by atoms with van der Waals surface area (Å²) in [6.45, 7) is 1.98. The van der Waals surface area contributed by atoms with Crippen molar-refractivity contribution in [3.63, 3.8) is 0 Å². The van der Waals surface area contributed by atoms with Gasteiger partial charge in [-0.05, 0) is 19.1 Å². The van der Waals surface area contributed by atoms with E-state index < -0.39 is 11.9 Å². The van der Waals surface area contributed by atoms with Crippen LogP contribution in [0.2, 0.25) is 0 Å². The van der Waals surface area contributed by atoms with Gasteiger partial charge in [0.25, 0.3) is 5.91 Å². The minimum Gasteiger partial charge on any atom is -0.480 e. The van der Waals surface area contributed by atoms with E-state index in [1.165, 1.54) is 4.90 Å². The fourth-order valence-corrected chi connectivity index (χ4v) is 2.03. The normalized spacial score (nSPS) is 10.4. The van der Waals surface area contributed by atoms with Crippen molar-refractivity contribution in [2.24, 2.45) is 5.73 Å². The number of carboxylic acid groups (broad SMARTS) is 1. The number of primary amides is 1. The molecule has 1 aromatic heterocycles. The van der Waals surface area contributed by atoms with Crippen molar-refractivity contribution in [1.82, 2.24) is 4.98 Å². The zero-order valence-corrected chi connectivity index (χ0v) is 11.0. The first-order valence-corrected chi connectivity index (χ1v) is 6.19. The van der Waals surface area contributed by atoms with Crippen LogP contribution in [0, 0.1) is 0 Å². The van der Waals surface area contributed by atoms with Crippen LogP contribution in [0.15, 0.2) is 30.3 Å². The zero-order chi connectivity index (χ0) is 14.7. The number of carbonyl (C=O) groups excluding carboxylic acids is 1. The second-order valence-corrected chi connectivity index (χ2v) is 4.32. The number of hydrogen-bond acceptors (Lipinski definition) is 4. The Balaban J connectivity index is 2.61. The SMILES string of the molecule is CCN(CC(=O)O)c1nc2ccccc2cc1C(N)=O. The average molecular weight is 273 g/mol. The lowest BCUT2D eigenvalue weighted by atomic mass is 10.1. The lowest BCUT2D eigenvalue weighted by Crippen LogP contribution is -2.32. The molecule has 0 fully saturated rings. The molecule has 0 atom stereocenters. The number of nitrogens with two attached hydrogens (primary N) is 1. The summed E-state index contributed by atoms with van der Waals surface area (Å²) >= 11 is 0. The van der Waals surface area contributed by atoms with Crippen molar-refractivity contribution in [1.29, 1.82) is 0 Å². The van der Waals surface area contributed by atoms with Crippen LogP contribution < -0.4 is 10.6 Å². The van der Waals surface area contributed by atoms with Crippen LogP contribution in [-0.4, -0.2) is 35.1 Å². The molecule has 0 unspecified atom stereocenters. The summed E-state index contributed by atoms with van der Waals surface area (Å²) in [7, 11) is 0. The Kier molecular flexibility index (Phi) is 3.84. The standard InChI is InChI=1S/C14H15N3O3/c1-2-17(8-12(18)19)14-10(13(15)20)7-9-5-3-4-6-11(9)16-14/h3-7H,2,8H2,1H3,(H2,15,20)(H,18,19). The third-order valence-corrected chi connectivity index (χ3v) is 2.98. The van der Waals surface area contributed by atoms with Crippen LogP contribution in [0.3, 0.4) is 0 Å². The number of fused-ring (bicyclic) bond motifs is 1. The number of nitrogens with zero attached hydrogens (tertiary/aromatic N) is 2. The molecular formula is C14H15N3O3. The molecular weight excluding hydrogens is 258 g/mol.